The van der Waals surface area contributed by atoms with E-state index < -0.39 is 0 Å². The van der Waals surface area contributed by atoms with Gasteiger partial charge in [0.05, 0.1) is 0 Å². The molecular weight excluding hydrogens is 288 g/mol. The van der Waals surface area contributed by atoms with Gasteiger partial charge in [-0.2, -0.15) is 0 Å². The summed E-state index contributed by atoms with van der Waals surface area (Å²) in [5, 5.41) is 0. The molecule has 4 saturated carbocycles. The normalized spacial score (nSPS) is 40.9. The molecule has 4 rings (SSSR count). The summed E-state index contributed by atoms with van der Waals surface area (Å²) in [6, 6.07) is 0. The van der Waals surface area contributed by atoms with Crippen molar-refractivity contribution >= 4 is 0 Å². The zero-order valence-electron chi connectivity index (χ0n) is 15.9. The van der Waals surface area contributed by atoms with E-state index in [0.29, 0.717) is 0 Å². The maximum absolute atomic E-state index is 4.05. The maximum atomic E-state index is 4.05. The highest BCUT2D eigenvalue weighted by molar-refractivity contribution is 5.02. The van der Waals surface area contributed by atoms with Crippen molar-refractivity contribution in [2.75, 3.05) is 0 Å². The Morgan fingerprint density at radius 2 is 1.21 bits per heavy atom. The molecule has 24 heavy (non-hydrogen) atoms. The van der Waals surface area contributed by atoms with Gasteiger partial charge in [0.15, 0.2) is 0 Å². The van der Waals surface area contributed by atoms with E-state index in [1.54, 1.807) is 44.9 Å². The predicted molar refractivity (Wildman–Crippen MR) is 104 cm³/mol. The van der Waals surface area contributed by atoms with Crippen molar-refractivity contribution < 1.29 is 0 Å². The highest BCUT2D eigenvalue weighted by Gasteiger charge is 2.52. The Labute approximate surface area is 150 Å². The molecule has 0 aromatic heterocycles. The summed E-state index contributed by atoms with van der Waals surface area (Å²) < 4.78 is 0. The molecular formula is C24H40. The SMILES string of the molecule is C=CCCC(CC1CCCC1)C1C2CCCCC2C2CCCCC21. The van der Waals surface area contributed by atoms with Crippen LogP contribution < -0.4 is 0 Å². The van der Waals surface area contributed by atoms with E-state index in [1.165, 1.54) is 51.4 Å². The lowest BCUT2D eigenvalue weighted by Crippen LogP contribution is -2.29. The molecule has 5 unspecified atom stereocenters. The summed E-state index contributed by atoms with van der Waals surface area (Å²) >= 11 is 0. The molecule has 0 saturated heterocycles. The van der Waals surface area contributed by atoms with Gasteiger partial charge in [0.25, 0.3) is 0 Å². The van der Waals surface area contributed by atoms with Crippen molar-refractivity contribution in [1.29, 1.82) is 0 Å². The maximum Gasteiger partial charge on any atom is -0.0323 e. The average molecular weight is 329 g/mol. The van der Waals surface area contributed by atoms with Gasteiger partial charge in [0, 0.05) is 0 Å². The fourth-order valence-electron chi connectivity index (χ4n) is 7.89. The van der Waals surface area contributed by atoms with Crippen LogP contribution in [0.4, 0.5) is 0 Å². The number of fused-ring (bicyclic) bond motifs is 3. The topological polar surface area (TPSA) is 0 Å². The van der Waals surface area contributed by atoms with Crippen molar-refractivity contribution in [2.45, 2.75) is 96.3 Å². The number of allylic oxidation sites excluding steroid dienone is 1. The second kappa shape index (κ2) is 7.96. The van der Waals surface area contributed by atoms with Gasteiger partial charge < -0.3 is 0 Å². The molecule has 136 valence electrons. The van der Waals surface area contributed by atoms with E-state index in [4.69, 9.17) is 0 Å². The van der Waals surface area contributed by atoms with Gasteiger partial charge in [-0.3, -0.25) is 0 Å². The van der Waals surface area contributed by atoms with Crippen LogP contribution >= 0.6 is 0 Å². The van der Waals surface area contributed by atoms with Crippen molar-refractivity contribution in [2.24, 2.45) is 41.4 Å². The molecule has 4 aliphatic rings. The van der Waals surface area contributed by atoms with Crippen LogP contribution in [0.2, 0.25) is 0 Å². The van der Waals surface area contributed by atoms with Crippen LogP contribution in [0.25, 0.3) is 0 Å². The fourth-order valence-corrected chi connectivity index (χ4v) is 7.89. The first-order valence-electron chi connectivity index (χ1n) is 11.5. The lowest BCUT2D eigenvalue weighted by molar-refractivity contribution is 0.121. The molecule has 0 radical (unpaired) electrons. The van der Waals surface area contributed by atoms with Crippen LogP contribution in [0, 0.1) is 41.4 Å². The van der Waals surface area contributed by atoms with Gasteiger partial charge in [-0.15, -0.1) is 6.58 Å². The van der Waals surface area contributed by atoms with Gasteiger partial charge in [-0.1, -0.05) is 57.4 Å². The fraction of sp³-hybridized carbons (Fsp3) is 0.917. The Hall–Kier alpha value is -0.260. The molecule has 0 nitrogen and oxygen atoms in total. The molecule has 4 aliphatic carbocycles. The molecule has 5 atom stereocenters. The summed E-state index contributed by atoms with van der Waals surface area (Å²) in [6.07, 6.45) is 25.1. The molecule has 0 N–H and O–H groups in total. The molecule has 0 aromatic carbocycles. The Morgan fingerprint density at radius 1 is 0.708 bits per heavy atom. The Morgan fingerprint density at radius 3 is 1.75 bits per heavy atom. The quantitative estimate of drug-likeness (QED) is 0.446. The third-order valence-corrected chi connectivity index (χ3v) is 8.69. The number of hydrogen-bond donors (Lipinski definition) is 0. The number of hydrogen-bond acceptors (Lipinski definition) is 0. The van der Waals surface area contributed by atoms with E-state index in [-0.39, 0.29) is 0 Å². The Balaban J connectivity index is 1.54. The van der Waals surface area contributed by atoms with E-state index in [2.05, 4.69) is 12.7 Å². The molecule has 0 aromatic rings. The van der Waals surface area contributed by atoms with Crippen molar-refractivity contribution in [1.82, 2.24) is 0 Å². The van der Waals surface area contributed by atoms with Crippen LogP contribution in [-0.2, 0) is 0 Å². The highest BCUT2D eigenvalue weighted by Crippen LogP contribution is 2.60. The number of rotatable bonds is 6. The Bertz CT molecular complexity index is 382. The summed E-state index contributed by atoms with van der Waals surface area (Å²) in [5.41, 5.74) is 0. The highest BCUT2D eigenvalue weighted by atomic mass is 14.6. The van der Waals surface area contributed by atoms with Crippen LogP contribution in [0.1, 0.15) is 96.3 Å². The molecule has 0 amide bonds. The minimum atomic E-state index is 1.03. The third kappa shape index (κ3) is 3.36. The van der Waals surface area contributed by atoms with Crippen LogP contribution in [-0.4, -0.2) is 0 Å². The van der Waals surface area contributed by atoms with Gasteiger partial charge >= 0.3 is 0 Å². The smallest absolute Gasteiger partial charge is 0.0323 e. The molecule has 0 heterocycles. The molecule has 0 heteroatoms. The zero-order chi connectivity index (χ0) is 16.4. The third-order valence-electron chi connectivity index (χ3n) is 8.69. The van der Waals surface area contributed by atoms with Gasteiger partial charge in [0.1, 0.15) is 0 Å². The van der Waals surface area contributed by atoms with Crippen LogP contribution in [0.3, 0.4) is 0 Å². The summed E-state index contributed by atoms with van der Waals surface area (Å²) in [4.78, 5) is 0. The van der Waals surface area contributed by atoms with E-state index in [9.17, 15) is 0 Å². The second-order valence-electron chi connectivity index (χ2n) is 9.81. The van der Waals surface area contributed by atoms with Crippen LogP contribution in [0.15, 0.2) is 12.7 Å². The van der Waals surface area contributed by atoms with Gasteiger partial charge in [0.2, 0.25) is 0 Å². The molecule has 0 spiro atoms. The second-order valence-corrected chi connectivity index (χ2v) is 9.81. The van der Waals surface area contributed by atoms with Crippen molar-refractivity contribution in [3.05, 3.63) is 12.7 Å². The standard InChI is InChI=1S/C24H40/c1-2-3-12-19(17-18-10-4-5-11-18)24-22-15-8-6-13-20(22)21-14-7-9-16-23(21)24/h2,18-24H,1,3-17H2. The average Bonchev–Trinajstić information content (AvgIpc) is 3.24. The first-order valence-corrected chi connectivity index (χ1v) is 11.5. The van der Waals surface area contributed by atoms with E-state index in [1.807, 2.05) is 0 Å². The van der Waals surface area contributed by atoms with Gasteiger partial charge in [-0.25, -0.2) is 0 Å². The van der Waals surface area contributed by atoms with Crippen molar-refractivity contribution in [3.63, 3.8) is 0 Å². The summed E-state index contributed by atoms with van der Waals surface area (Å²) in [6.45, 7) is 4.05. The minimum absolute atomic E-state index is 1.03. The van der Waals surface area contributed by atoms with Crippen molar-refractivity contribution in [3.8, 4) is 0 Å². The molecule has 0 aliphatic heterocycles. The predicted octanol–water partition coefficient (Wildman–Crippen LogP) is 7.39. The van der Waals surface area contributed by atoms with Crippen LogP contribution in [0.5, 0.6) is 0 Å². The van der Waals surface area contributed by atoms with E-state index >= 15 is 0 Å². The monoisotopic (exact) mass is 328 g/mol. The zero-order valence-corrected chi connectivity index (χ0v) is 15.9. The Kier molecular flexibility index (Phi) is 5.70. The summed E-state index contributed by atoms with van der Waals surface area (Å²) in [7, 11) is 0. The first-order chi connectivity index (χ1) is 11.9. The first kappa shape index (κ1) is 17.2. The lowest BCUT2D eigenvalue weighted by atomic mass is 9.68. The molecule has 4 fully saturated rings. The van der Waals surface area contributed by atoms with E-state index in [0.717, 1.165) is 41.4 Å². The summed E-state index contributed by atoms with van der Waals surface area (Å²) in [5.74, 6) is 7.69. The largest absolute Gasteiger partial charge is 0.103 e. The lowest BCUT2D eigenvalue weighted by Gasteiger charge is -2.37. The van der Waals surface area contributed by atoms with Gasteiger partial charge in [-0.05, 0) is 86.4 Å². The molecule has 0 bridgehead atoms. The minimum Gasteiger partial charge on any atom is -0.103 e.